The number of hydrogen-bond acceptors (Lipinski definition) is 6. The predicted octanol–water partition coefficient (Wildman–Crippen LogP) is 2.34. The lowest BCUT2D eigenvalue weighted by molar-refractivity contribution is 0.0691. The minimum atomic E-state index is -1.15. The maximum Gasteiger partial charge on any atom is 0.410 e. The molecule has 2 heterocycles. The zero-order valence-corrected chi connectivity index (χ0v) is 12.8. The van der Waals surface area contributed by atoms with Crippen LogP contribution in [0, 0.1) is 0 Å². The summed E-state index contributed by atoms with van der Waals surface area (Å²) in [7, 11) is 0. The Balaban J connectivity index is 1.50. The smallest absolute Gasteiger partial charge is 0.410 e. The lowest BCUT2D eigenvalue weighted by Gasteiger charge is -2.15. The van der Waals surface area contributed by atoms with Gasteiger partial charge in [0.25, 0.3) is 0 Å². The number of carbonyl (C=O) groups is 2. The SMILES string of the molecule is CC1(NC(=O)O[C@@H]2CO[C@H](c3cnc(NC(=O)O)s3)C2)CC1. The van der Waals surface area contributed by atoms with Crippen molar-refractivity contribution in [2.75, 3.05) is 11.9 Å². The first kappa shape index (κ1) is 15.0. The van der Waals surface area contributed by atoms with Crippen molar-refractivity contribution in [3.63, 3.8) is 0 Å². The molecule has 1 saturated heterocycles. The Hall–Kier alpha value is -1.87. The fourth-order valence-electron chi connectivity index (χ4n) is 2.20. The fourth-order valence-corrected chi connectivity index (χ4v) is 3.07. The van der Waals surface area contributed by atoms with Crippen molar-refractivity contribution in [2.45, 2.75) is 43.9 Å². The van der Waals surface area contributed by atoms with Gasteiger partial charge in [-0.2, -0.15) is 0 Å². The Morgan fingerprint density at radius 2 is 2.32 bits per heavy atom. The van der Waals surface area contributed by atoms with Gasteiger partial charge in [-0.3, -0.25) is 5.32 Å². The summed E-state index contributed by atoms with van der Waals surface area (Å²) in [6.45, 7) is 2.31. The first-order chi connectivity index (χ1) is 10.4. The van der Waals surface area contributed by atoms with E-state index in [0.29, 0.717) is 18.2 Å². The van der Waals surface area contributed by atoms with E-state index in [0.717, 1.165) is 17.7 Å². The topological polar surface area (TPSA) is 110 Å². The van der Waals surface area contributed by atoms with Crippen LogP contribution in [-0.4, -0.2) is 40.5 Å². The van der Waals surface area contributed by atoms with Crippen molar-refractivity contribution in [2.24, 2.45) is 0 Å². The molecule has 8 nitrogen and oxygen atoms in total. The molecule has 1 aromatic heterocycles. The van der Waals surface area contributed by atoms with Crippen LogP contribution in [0.25, 0.3) is 0 Å². The third kappa shape index (κ3) is 3.66. The second-order valence-electron chi connectivity index (χ2n) is 5.77. The van der Waals surface area contributed by atoms with Gasteiger partial charge in [0.1, 0.15) is 6.10 Å². The summed E-state index contributed by atoms with van der Waals surface area (Å²) >= 11 is 1.22. The molecule has 1 aromatic rings. The number of anilines is 1. The summed E-state index contributed by atoms with van der Waals surface area (Å²) in [6.07, 6.45) is 1.98. The van der Waals surface area contributed by atoms with Crippen LogP contribution in [0.2, 0.25) is 0 Å². The van der Waals surface area contributed by atoms with E-state index in [-0.39, 0.29) is 17.7 Å². The number of ether oxygens (including phenoxy) is 2. The first-order valence-corrected chi connectivity index (χ1v) is 7.81. The molecule has 2 aliphatic rings. The van der Waals surface area contributed by atoms with Gasteiger partial charge in [-0.25, -0.2) is 14.6 Å². The lowest BCUT2D eigenvalue weighted by atomic mass is 10.2. The highest BCUT2D eigenvalue weighted by Gasteiger charge is 2.40. The molecule has 2 amide bonds. The van der Waals surface area contributed by atoms with Crippen molar-refractivity contribution < 1.29 is 24.2 Å². The number of hydrogen-bond donors (Lipinski definition) is 3. The minimum absolute atomic E-state index is 0.106. The van der Waals surface area contributed by atoms with Gasteiger partial charge in [-0.1, -0.05) is 11.3 Å². The predicted molar refractivity (Wildman–Crippen MR) is 78.1 cm³/mol. The summed E-state index contributed by atoms with van der Waals surface area (Å²) in [5.41, 5.74) is -0.106. The summed E-state index contributed by atoms with van der Waals surface area (Å²) in [4.78, 5) is 27.1. The molecule has 0 aromatic carbocycles. The number of aromatic nitrogens is 1. The molecule has 0 radical (unpaired) electrons. The van der Waals surface area contributed by atoms with Crippen LogP contribution in [0.1, 0.15) is 37.2 Å². The van der Waals surface area contributed by atoms with Crippen molar-refractivity contribution in [1.29, 1.82) is 0 Å². The molecule has 1 saturated carbocycles. The zero-order valence-electron chi connectivity index (χ0n) is 12.0. The summed E-state index contributed by atoms with van der Waals surface area (Å²) in [5.74, 6) is 0. The van der Waals surface area contributed by atoms with Gasteiger partial charge in [-0.15, -0.1) is 0 Å². The highest BCUT2D eigenvalue weighted by Crippen LogP contribution is 2.36. The molecule has 0 unspecified atom stereocenters. The molecule has 1 aliphatic heterocycles. The van der Waals surface area contributed by atoms with E-state index in [1.54, 1.807) is 6.20 Å². The maximum atomic E-state index is 11.7. The molecule has 2 atom stereocenters. The molecule has 22 heavy (non-hydrogen) atoms. The third-order valence-electron chi connectivity index (χ3n) is 3.69. The van der Waals surface area contributed by atoms with E-state index >= 15 is 0 Å². The number of thiazole rings is 1. The van der Waals surface area contributed by atoms with Crippen LogP contribution in [0.4, 0.5) is 14.7 Å². The van der Waals surface area contributed by atoms with Crippen LogP contribution >= 0.6 is 11.3 Å². The van der Waals surface area contributed by atoms with Gasteiger partial charge in [0.05, 0.1) is 17.6 Å². The van der Waals surface area contributed by atoms with Crippen LogP contribution in [0.5, 0.6) is 0 Å². The standard InChI is InChI=1S/C13H17N3O5S/c1-13(2-3-13)16-12(19)21-7-4-8(20-6-7)9-5-14-10(22-9)15-11(17)18/h5,7-8H,2-4,6H2,1H3,(H,14,15)(H,16,19)(H,17,18)/t7-,8-/m0/s1. The maximum absolute atomic E-state index is 11.7. The lowest BCUT2D eigenvalue weighted by Crippen LogP contribution is -2.37. The number of carboxylic acid groups (broad SMARTS) is 1. The van der Waals surface area contributed by atoms with E-state index in [9.17, 15) is 9.59 Å². The quantitative estimate of drug-likeness (QED) is 0.783. The molecule has 1 aliphatic carbocycles. The van der Waals surface area contributed by atoms with Crippen molar-refractivity contribution in [3.8, 4) is 0 Å². The zero-order chi connectivity index (χ0) is 15.7. The molecule has 3 N–H and O–H groups in total. The van der Waals surface area contributed by atoms with Crippen LogP contribution < -0.4 is 10.6 Å². The van der Waals surface area contributed by atoms with E-state index in [1.807, 2.05) is 6.92 Å². The van der Waals surface area contributed by atoms with E-state index in [2.05, 4.69) is 15.6 Å². The summed E-state index contributed by atoms with van der Waals surface area (Å²) in [6, 6.07) is 0. The van der Waals surface area contributed by atoms with Crippen LogP contribution in [0.3, 0.4) is 0 Å². The number of alkyl carbamates (subject to hydrolysis) is 1. The van der Waals surface area contributed by atoms with Gasteiger partial charge < -0.3 is 19.9 Å². The van der Waals surface area contributed by atoms with Gasteiger partial charge in [0.2, 0.25) is 0 Å². The molecule has 3 rings (SSSR count). The Kier molecular flexibility index (Phi) is 3.92. The Morgan fingerprint density at radius 1 is 1.55 bits per heavy atom. The average molecular weight is 327 g/mol. The van der Waals surface area contributed by atoms with Gasteiger partial charge in [0, 0.05) is 18.2 Å². The van der Waals surface area contributed by atoms with E-state index in [4.69, 9.17) is 14.6 Å². The molecule has 2 fully saturated rings. The largest absolute Gasteiger partial charge is 0.465 e. The van der Waals surface area contributed by atoms with Gasteiger partial charge in [0.15, 0.2) is 5.13 Å². The number of carbonyl (C=O) groups excluding carboxylic acids is 1. The Bertz CT molecular complexity index is 586. The van der Waals surface area contributed by atoms with Gasteiger partial charge in [-0.05, 0) is 19.8 Å². The van der Waals surface area contributed by atoms with Crippen LogP contribution in [-0.2, 0) is 9.47 Å². The highest BCUT2D eigenvalue weighted by atomic mass is 32.1. The van der Waals surface area contributed by atoms with Crippen LogP contribution in [0.15, 0.2) is 6.20 Å². The molecule has 120 valence electrons. The monoisotopic (exact) mass is 327 g/mol. The Morgan fingerprint density at radius 3 is 3.00 bits per heavy atom. The fraction of sp³-hybridized carbons (Fsp3) is 0.615. The number of nitrogens with one attached hydrogen (secondary N) is 2. The molecular formula is C13H17N3O5S. The first-order valence-electron chi connectivity index (χ1n) is 7.00. The van der Waals surface area contributed by atoms with Crippen molar-refractivity contribution in [1.82, 2.24) is 10.3 Å². The summed E-state index contributed by atoms with van der Waals surface area (Å²) in [5, 5.41) is 14.0. The third-order valence-corrected chi connectivity index (χ3v) is 4.70. The molecule has 0 spiro atoms. The Labute approximate surface area is 130 Å². The average Bonchev–Trinajstić information content (AvgIpc) is 2.86. The van der Waals surface area contributed by atoms with E-state index in [1.165, 1.54) is 11.3 Å². The molecular weight excluding hydrogens is 310 g/mol. The minimum Gasteiger partial charge on any atom is -0.465 e. The van der Waals surface area contributed by atoms with Crippen molar-refractivity contribution >= 4 is 28.7 Å². The number of nitrogens with zero attached hydrogens (tertiary/aromatic N) is 1. The van der Waals surface area contributed by atoms with Gasteiger partial charge >= 0.3 is 12.2 Å². The second kappa shape index (κ2) is 5.73. The number of amides is 2. The highest BCUT2D eigenvalue weighted by molar-refractivity contribution is 7.15. The van der Waals surface area contributed by atoms with Crippen molar-refractivity contribution in [3.05, 3.63) is 11.1 Å². The van der Waals surface area contributed by atoms with E-state index < -0.39 is 12.2 Å². The second-order valence-corrected chi connectivity index (χ2v) is 6.83. The summed E-state index contributed by atoms with van der Waals surface area (Å²) < 4.78 is 11.0. The normalized spacial score (nSPS) is 25.5. The molecule has 9 heteroatoms. The number of rotatable bonds is 4. The molecule has 0 bridgehead atoms.